The normalized spacial score (nSPS) is 11.4. The van der Waals surface area contributed by atoms with Gasteiger partial charge >= 0.3 is 6.09 Å². The molecular formula is C39H80N2O2. The number of nitrogens with one attached hydrogen (secondary N) is 2. The van der Waals surface area contributed by atoms with E-state index in [1.54, 1.807) is 0 Å². The first-order valence-corrected chi connectivity index (χ1v) is 20.0. The Hall–Kier alpha value is -0.770. The lowest BCUT2D eigenvalue weighted by Crippen LogP contribution is -2.36. The summed E-state index contributed by atoms with van der Waals surface area (Å²) in [4.78, 5) is 10.3. The molecule has 0 spiro atoms. The fourth-order valence-electron chi connectivity index (χ4n) is 6.44. The van der Waals surface area contributed by atoms with Gasteiger partial charge in [0.25, 0.3) is 0 Å². The minimum absolute atomic E-state index is 0.728. The van der Waals surface area contributed by atoms with Crippen LogP contribution in [0.5, 0.6) is 0 Å². The van der Waals surface area contributed by atoms with Crippen molar-refractivity contribution < 1.29 is 9.90 Å². The van der Waals surface area contributed by atoms with Crippen molar-refractivity contribution in [1.29, 1.82) is 0 Å². The van der Waals surface area contributed by atoms with Crippen LogP contribution in [0.25, 0.3) is 0 Å². The zero-order chi connectivity index (χ0) is 31.2. The molecule has 0 aliphatic carbocycles. The van der Waals surface area contributed by atoms with Crippen molar-refractivity contribution in [2.24, 2.45) is 0 Å². The van der Waals surface area contributed by atoms with Gasteiger partial charge in [0, 0.05) is 6.54 Å². The average molecular weight is 609 g/mol. The first-order valence-electron chi connectivity index (χ1n) is 20.0. The Morgan fingerprint density at radius 1 is 0.349 bits per heavy atom. The summed E-state index contributed by atoms with van der Waals surface area (Å²) in [6.07, 6.45) is 50.5. The molecule has 43 heavy (non-hydrogen) atoms. The van der Waals surface area contributed by atoms with Gasteiger partial charge in [0.2, 0.25) is 0 Å². The third-order valence-corrected chi connectivity index (χ3v) is 9.35. The molecule has 0 aromatic carbocycles. The third-order valence-electron chi connectivity index (χ3n) is 9.35. The van der Waals surface area contributed by atoms with Crippen LogP contribution >= 0.6 is 0 Å². The molecule has 0 fully saturated rings. The smallest absolute Gasteiger partial charge is 0.419 e. The minimum Gasteiger partial charge on any atom is -0.464 e. The predicted molar refractivity (Wildman–Crippen MR) is 191 cm³/mol. The van der Waals surface area contributed by atoms with E-state index >= 15 is 0 Å². The monoisotopic (exact) mass is 609 g/mol. The van der Waals surface area contributed by atoms with E-state index in [-0.39, 0.29) is 0 Å². The Bertz CT molecular complexity index is 513. The molecule has 0 rings (SSSR count). The summed E-state index contributed by atoms with van der Waals surface area (Å²) in [5.74, 6) is 0. The molecule has 0 aliphatic heterocycles. The highest BCUT2D eigenvalue weighted by Gasteiger charge is 1.98. The number of carboxylic acid groups (broad SMARTS) is 1. The first kappa shape index (κ1) is 42.2. The lowest BCUT2D eigenvalue weighted by molar-refractivity contribution is 0.189. The van der Waals surface area contributed by atoms with Crippen molar-refractivity contribution in [2.75, 3.05) is 6.54 Å². The van der Waals surface area contributed by atoms with E-state index < -0.39 is 6.09 Å². The van der Waals surface area contributed by atoms with E-state index in [1.165, 1.54) is 225 Å². The molecule has 0 aromatic rings. The maximum atomic E-state index is 10.3. The summed E-state index contributed by atoms with van der Waals surface area (Å²) >= 11 is 0. The number of hydrogen-bond donors (Lipinski definition) is 3. The second-order valence-electron chi connectivity index (χ2n) is 13.7. The summed E-state index contributed by atoms with van der Waals surface area (Å²) in [5.41, 5.74) is 4.90. The van der Waals surface area contributed by atoms with Gasteiger partial charge < -0.3 is 5.11 Å². The van der Waals surface area contributed by atoms with Crippen molar-refractivity contribution in [2.45, 2.75) is 238 Å². The summed E-state index contributed by atoms with van der Waals surface area (Å²) < 4.78 is 0. The van der Waals surface area contributed by atoms with Crippen molar-refractivity contribution in [3.8, 4) is 0 Å². The highest BCUT2D eigenvalue weighted by atomic mass is 16.4. The Morgan fingerprint density at radius 3 is 0.721 bits per heavy atom. The lowest BCUT2D eigenvalue weighted by atomic mass is 10.0. The second-order valence-corrected chi connectivity index (χ2v) is 13.7. The Labute approximate surface area is 271 Å². The second kappa shape index (κ2) is 39.3. The van der Waals surface area contributed by atoms with Crippen LogP contribution in [0.4, 0.5) is 4.79 Å². The van der Waals surface area contributed by atoms with Crippen LogP contribution in [0.2, 0.25) is 0 Å². The number of hydrogen-bond acceptors (Lipinski definition) is 2. The van der Waals surface area contributed by atoms with Gasteiger partial charge in [0.15, 0.2) is 0 Å². The van der Waals surface area contributed by atoms with Gasteiger partial charge in [-0.2, -0.15) is 0 Å². The van der Waals surface area contributed by atoms with Crippen LogP contribution in [-0.2, 0) is 0 Å². The van der Waals surface area contributed by atoms with E-state index in [0.717, 1.165) is 13.0 Å². The van der Waals surface area contributed by atoms with E-state index in [1.807, 2.05) is 0 Å². The molecule has 0 aromatic heterocycles. The zero-order valence-electron chi connectivity index (χ0n) is 29.5. The first-order chi connectivity index (χ1) is 21.3. The van der Waals surface area contributed by atoms with Gasteiger partial charge in [-0.1, -0.05) is 232 Å². The number of unbranched alkanes of at least 4 members (excludes halogenated alkanes) is 35. The fraction of sp³-hybridized carbons (Fsp3) is 0.974. The standard InChI is InChI=1S/C39H80N2O2/c1-2-3-4-5-6-7-8-9-10-11-12-13-14-15-16-17-18-19-20-21-22-23-24-25-26-27-28-29-30-31-32-33-34-35-36-37-38-40-41-39(42)43/h40-41H,2-38H2,1H3,(H,42,43). The van der Waals surface area contributed by atoms with E-state index in [9.17, 15) is 4.79 Å². The van der Waals surface area contributed by atoms with E-state index in [2.05, 4.69) is 17.8 Å². The number of carbonyl (C=O) groups is 1. The maximum Gasteiger partial charge on any atom is 0.419 e. The average Bonchev–Trinajstić information content (AvgIpc) is 3.00. The lowest BCUT2D eigenvalue weighted by Gasteiger charge is -2.05. The van der Waals surface area contributed by atoms with Crippen molar-refractivity contribution in [3.63, 3.8) is 0 Å². The molecular weight excluding hydrogens is 528 g/mol. The van der Waals surface area contributed by atoms with E-state index in [0.29, 0.717) is 0 Å². The molecule has 0 atom stereocenters. The van der Waals surface area contributed by atoms with Crippen molar-refractivity contribution in [3.05, 3.63) is 0 Å². The quantitative estimate of drug-likeness (QED) is 0.0482. The summed E-state index contributed by atoms with van der Waals surface area (Å²) in [6.45, 7) is 3.03. The minimum atomic E-state index is -1.01. The molecule has 4 nitrogen and oxygen atoms in total. The summed E-state index contributed by atoms with van der Waals surface area (Å²) in [5, 5.41) is 8.47. The maximum absolute atomic E-state index is 10.3. The van der Waals surface area contributed by atoms with Crippen molar-refractivity contribution >= 4 is 6.09 Å². The molecule has 0 saturated heterocycles. The van der Waals surface area contributed by atoms with Crippen LogP contribution in [0.3, 0.4) is 0 Å². The Morgan fingerprint density at radius 2 is 0.535 bits per heavy atom. The molecule has 4 heteroatoms. The molecule has 0 unspecified atom stereocenters. The molecule has 0 radical (unpaired) electrons. The van der Waals surface area contributed by atoms with E-state index in [4.69, 9.17) is 5.11 Å². The highest BCUT2D eigenvalue weighted by molar-refractivity contribution is 5.63. The third kappa shape index (κ3) is 41.2. The number of hydrazine groups is 1. The fourth-order valence-corrected chi connectivity index (χ4v) is 6.44. The molecule has 0 saturated carbocycles. The van der Waals surface area contributed by atoms with Gasteiger partial charge in [0.1, 0.15) is 0 Å². The Balaban J connectivity index is 3.03. The largest absolute Gasteiger partial charge is 0.464 e. The van der Waals surface area contributed by atoms with Crippen LogP contribution in [0, 0.1) is 0 Å². The molecule has 3 N–H and O–H groups in total. The SMILES string of the molecule is CCCCCCCCCCCCCCCCCCCCCCCCCCCCCCCCCCCCCCNNC(=O)O. The van der Waals surface area contributed by atoms with Crippen LogP contribution in [-0.4, -0.2) is 17.7 Å². The van der Waals surface area contributed by atoms with Crippen LogP contribution in [0.15, 0.2) is 0 Å². The Kier molecular flexibility index (Phi) is 38.6. The van der Waals surface area contributed by atoms with Gasteiger partial charge in [0.05, 0.1) is 0 Å². The summed E-state index contributed by atoms with van der Waals surface area (Å²) in [7, 11) is 0. The molecule has 258 valence electrons. The zero-order valence-corrected chi connectivity index (χ0v) is 29.5. The molecule has 0 bridgehead atoms. The number of rotatable bonds is 38. The van der Waals surface area contributed by atoms with Gasteiger partial charge in [-0.25, -0.2) is 10.2 Å². The predicted octanol–water partition coefficient (Wildman–Crippen LogP) is 13.8. The van der Waals surface area contributed by atoms with Crippen LogP contribution < -0.4 is 10.9 Å². The van der Waals surface area contributed by atoms with Crippen LogP contribution in [0.1, 0.15) is 238 Å². The van der Waals surface area contributed by atoms with Gasteiger partial charge in [-0.05, 0) is 6.42 Å². The molecule has 0 aliphatic rings. The summed E-state index contributed by atoms with van der Waals surface area (Å²) in [6, 6.07) is 0. The number of amides is 1. The van der Waals surface area contributed by atoms with Crippen molar-refractivity contribution in [1.82, 2.24) is 10.9 Å². The molecule has 1 amide bonds. The van der Waals surface area contributed by atoms with Gasteiger partial charge in [-0.3, -0.25) is 5.43 Å². The molecule has 0 heterocycles. The highest BCUT2D eigenvalue weighted by Crippen LogP contribution is 2.17. The van der Waals surface area contributed by atoms with Gasteiger partial charge in [-0.15, -0.1) is 0 Å². The topological polar surface area (TPSA) is 61.4 Å².